The molecule has 0 saturated carbocycles. The first-order valence-electron chi connectivity index (χ1n) is 11.7. The van der Waals surface area contributed by atoms with Gasteiger partial charge in [0, 0.05) is 22.9 Å². The average Bonchev–Trinajstić information content (AvgIpc) is 3.43. The van der Waals surface area contributed by atoms with Crippen LogP contribution in [0.1, 0.15) is 37.5 Å². The van der Waals surface area contributed by atoms with E-state index >= 15 is 0 Å². The van der Waals surface area contributed by atoms with Crippen LogP contribution in [0.15, 0.2) is 62.5 Å². The number of ether oxygens (including phenoxy) is 3. The van der Waals surface area contributed by atoms with Crippen molar-refractivity contribution >= 4 is 34.9 Å². The molecule has 2 heterocycles. The van der Waals surface area contributed by atoms with Crippen molar-refractivity contribution in [2.24, 2.45) is 0 Å². The van der Waals surface area contributed by atoms with Crippen LogP contribution in [0.25, 0.3) is 11.3 Å². The molecule has 0 amide bonds. The maximum atomic E-state index is 10.2. The van der Waals surface area contributed by atoms with Crippen LogP contribution in [0.5, 0.6) is 17.2 Å². The molecular weight excluding hydrogens is 537 g/mol. The summed E-state index contributed by atoms with van der Waals surface area (Å²) in [5, 5.41) is 13.2. The number of rotatable bonds is 9. The number of nitriles is 1. The maximum Gasteiger partial charge on any atom is 0.203 e. The zero-order valence-corrected chi connectivity index (χ0v) is 24.5. The minimum absolute atomic E-state index is 0.0965. The van der Waals surface area contributed by atoms with E-state index in [1.807, 2.05) is 5.38 Å². The van der Waals surface area contributed by atoms with Crippen molar-refractivity contribution in [2.75, 3.05) is 21.3 Å². The zero-order chi connectivity index (χ0) is 27.3. The molecule has 0 saturated heterocycles. The Morgan fingerprint density at radius 3 is 2.18 bits per heavy atom. The molecule has 2 aromatic carbocycles. The summed E-state index contributed by atoms with van der Waals surface area (Å²) < 4.78 is 17.4. The lowest BCUT2D eigenvalue weighted by molar-refractivity contribution is 0.324. The molecule has 0 aliphatic rings. The molecule has 2 aromatic heterocycles. The lowest BCUT2D eigenvalue weighted by atomic mass is 9.87. The minimum Gasteiger partial charge on any atom is -0.493 e. The largest absolute Gasteiger partial charge is 0.493 e. The second-order valence-corrected chi connectivity index (χ2v) is 12.3. The summed E-state index contributed by atoms with van der Waals surface area (Å²) in [4.78, 5) is 14.0. The highest BCUT2D eigenvalue weighted by molar-refractivity contribution is 8.01. The van der Waals surface area contributed by atoms with Gasteiger partial charge in [0.25, 0.3) is 0 Å². The standard InChI is InChI=1S/C28H28N4O3S3/c1-28(2,3)19-9-7-17(8-10-19)16-37-26-31-23(18-13-21(33-4)24(35-6)22(14-18)34-5)20(15-29)25(32-26)38-27-30-11-12-36-27/h7-14H,16H2,1-6H3. The van der Waals surface area contributed by atoms with Crippen LogP contribution in [-0.2, 0) is 11.2 Å². The first-order valence-corrected chi connectivity index (χ1v) is 14.4. The van der Waals surface area contributed by atoms with E-state index in [9.17, 15) is 5.26 Å². The zero-order valence-electron chi connectivity index (χ0n) is 22.1. The van der Waals surface area contributed by atoms with Gasteiger partial charge in [-0.3, -0.25) is 0 Å². The van der Waals surface area contributed by atoms with E-state index in [1.165, 1.54) is 46.0 Å². The molecule has 0 aliphatic heterocycles. The summed E-state index contributed by atoms with van der Waals surface area (Å²) in [5.41, 5.74) is 4.06. The molecule has 38 heavy (non-hydrogen) atoms. The molecule has 0 aliphatic carbocycles. The Kier molecular flexibility index (Phi) is 8.82. The Bertz CT molecular complexity index is 1420. The van der Waals surface area contributed by atoms with Crippen molar-refractivity contribution in [2.45, 2.75) is 46.5 Å². The van der Waals surface area contributed by atoms with Gasteiger partial charge in [-0.05, 0) is 40.4 Å². The van der Waals surface area contributed by atoms with E-state index in [2.05, 4.69) is 56.1 Å². The molecule has 10 heteroatoms. The second-order valence-electron chi connectivity index (χ2n) is 9.20. The number of aromatic nitrogens is 3. The van der Waals surface area contributed by atoms with Crippen molar-refractivity contribution in [3.63, 3.8) is 0 Å². The number of thiazole rings is 1. The van der Waals surface area contributed by atoms with Gasteiger partial charge in [-0.15, -0.1) is 11.3 Å². The molecule has 4 aromatic rings. The SMILES string of the molecule is COc1cc(-c2nc(SCc3ccc(C(C)(C)C)cc3)nc(Sc3nccs3)c2C#N)cc(OC)c1OC. The second kappa shape index (κ2) is 12.1. The number of thioether (sulfide) groups is 1. The van der Waals surface area contributed by atoms with Crippen LogP contribution < -0.4 is 14.2 Å². The molecule has 0 atom stereocenters. The van der Waals surface area contributed by atoms with E-state index in [4.69, 9.17) is 24.2 Å². The van der Waals surface area contributed by atoms with E-state index in [1.54, 1.807) is 39.7 Å². The highest BCUT2D eigenvalue weighted by atomic mass is 32.2. The van der Waals surface area contributed by atoms with Crippen LogP contribution in [0.2, 0.25) is 0 Å². The van der Waals surface area contributed by atoms with Gasteiger partial charge < -0.3 is 14.2 Å². The Labute approximate surface area is 235 Å². The first-order chi connectivity index (χ1) is 18.3. The molecule has 7 nitrogen and oxygen atoms in total. The van der Waals surface area contributed by atoms with Crippen LogP contribution >= 0.6 is 34.9 Å². The van der Waals surface area contributed by atoms with Crippen LogP contribution in [0.3, 0.4) is 0 Å². The molecule has 0 unspecified atom stereocenters. The topological polar surface area (TPSA) is 90.2 Å². The molecular formula is C28H28N4O3S3. The van der Waals surface area contributed by atoms with E-state index in [-0.39, 0.29) is 5.41 Å². The summed E-state index contributed by atoms with van der Waals surface area (Å²) in [7, 11) is 4.67. The van der Waals surface area contributed by atoms with Crippen LogP contribution in [0, 0.1) is 11.3 Å². The average molecular weight is 565 g/mol. The maximum absolute atomic E-state index is 10.2. The minimum atomic E-state index is 0.0965. The van der Waals surface area contributed by atoms with Gasteiger partial charge in [0.05, 0.1) is 27.0 Å². The van der Waals surface area contributed by atoms with Crippen molar-refractivity contribution in [3.05, 3.63) is 64.7 Å². The number of hydrogen-bond donors (Lipinski definition) is 0. The summed E-state index contributed by atoms with van der Waals surface area (Å²) in [6, 6.07) is 14.5. The highest BCUT2D eigenvalue weighted by Gasteiger charge is 2.22. The fourth-order valence-electron chi connectivity index (χ4n) is 3.68. The van der Waals surface area contributed by atoms with Gasteiger partial charge in [0.2, 0.25) is 5.75 Å². The van der Waals surface area contributed by atoms with Gasteiger partial charge in [-0.25, -0.2) is 15.0 Å². The lowest BCUT2D eigenvalue weighted by Gasteiger charge is -2.19. The van der Waals surface area contributed by atoms with Gasteiger partial charge in [-0.2, -0.15) is 5.26 Å². The first kappa shape index (κ1) is 27.8. The molecule has 0 fully saturated rings. The Hall–Kier alpha value is -3.26. The van der Waals surface area contributed by atoms with Gasteiger partial charge in [-0.1, -0.05) is 56.8 Å². The van der Waals surface area contributed by atoms with Crippen molar-refractivity contribution < 1.29 is 14.2 Å². The number of benzene rings is 2. The summed E-state index contributed by atoms with van der Waals surface area (Å²) in [5.74, 6) is 2.11. The van der Waals surface area contributed by atoms with E-state index in [0.29, 0.717) is 50.0 Å². The van der Waals surface area contributed by atoms with E-state index in [0.717, 1.165) is 4.34 Å². The fraction of sp³-hybridized carbons (Fsp3) is 0.286. The van der Waals surface area contributed by atoms with Crippen molar-refractivity contribution in [3.8, 4) is 34.6 Å². The van der Waals surface area contributed by atoms with Crippen LogP contribution in [0.4, 0.5) is 0 Å². The molecule has 0 radical (unpaired) electrons. The predicted molar refractivity (Wildman–Crippen MR) is 153 cm³/mol. The van der Waals surface area contributed by atoms with E-state index < -0.39 is 0 Å². The molecule has 0 N–H and O–H groups in total. The molecule has 4 rings (SSSR count). The molecule has 0 spiro atoms. The summed E-state index contributed by atoms with van der Waals surface area (Å²) >= 11 is 4.37. The smallest absolute Gasteiger partial charge is 0.203 e. The quantitative estimate of drug-likeness (QED) is 0.118. The Balaban J connectivity index is 1.77. The monoisotopic (exact) mass is 564 g/mol. The predicted octanol–water partition coefficient (Wildman–Crippen LogP) is 7.24. The van der Waals surface area contributed by atoms with Crippen molar-refractivity contribution in [1.29, 1.82) is 5.26 Å². The third-order valence-corrected chi connectivity index (χ3v) is 8.48. The Morgan fingerprint density at radius 1 is 0.974 bits per heavy atom. The Morgan fingerprint density at radius 2 is 1.66 bits per heavy atom. The molecule has 0 bridgehead atoms. The summed E-state index contributed by atoms with van der Waals surface area (Å²) in [6.07, 6.45) is 1.73. The normalized spacial score (nSPS) is 11.2. The number of hydrogen-bond acceptors (Lipinski definition) is 10. The number of methoxy groups -OCH3 is 3. The molecule has 196 valence electrons. The lowest BCUT2D eigenvalue weighted by Crippen LogP contribution is -2.10. The third-order valence-electron chi connectivity index (χ3n) is 5.69. The van der Waals surface area contributed by atoms with Gasteiger partial charge >= 0.3 is 0 Å². The van der Waals surface area contributed by atoms with Crippen LogP contribution in [-0.4, -0.2) is 36.3 Å². The highest BCUT2D eigenvalue weighted by Crippen LogP contribution is 2.43. The summed E-state index contributed by atoms with van der Waals surface area (Å²) in [6.45, 7) is 6.61. The third kappa shape index (κ3) is 6.23. The van der Waals surface area contributed by atoms with Gasteiger partial charge in [0.15, 0.2) is 21.0 Å². The number of nitrogens with zero attached hydrogens (tertiary/aromatic N) is 4. The van der Waals surface area contributed by atoms with Crippen molar-refractivity contribution in [1.82, 2.24) is 15.0 Å². The van der Waals surface area contributed by atoms with Gasteiger partial charge in [0.1, 0.15) is 16.7 Å². The fourth-order valence-corrected chi connectivity index (χ4v) is 6.15.